The number of amides is 2. The molecule has 0 heterocycles. The molecule has 0 saturated heterocycles. The zero-order valence-corrected chi connectivity index (χ0v) is 15.3. The SMILES string of the molecule is CC(C)(C)NC(=O)OC(CCO)C(=O)Nc1ccc(I)cc1F. The number of carbonyl (C=O) groups excluding carboxylic acids is 2. The van der Waals surface area contributed by atoms with Crippen LogP contribution in [0, 0.1) is 9.39 Å². The van der Waals surface area contributed by atoms with Crippen molar-refractivity contribution in [2.45, 2.75) is 38.8 Å². The molecule has 2 amide bonds. The van der Waals surface area contributed by atoms with Crippen LogP contribution in [0.1, 0.15) is 27.2 Å². The van der Waals surface area contributed by atoms with Crippen molar-refractivity contribution in [3.05, 3.63) is 27.6 Å². The van der Waals surface area contributed by atoms with Crippen molar-refractivity contribution >= 4 is 40.3 Å². The smallest absolute Gasteiger partial charge is 0.408 e. The fourth-order valence-corrected chi connectivity index (χ4v) is 2.08. The van der Waals surface area contributed by atoms with Gasteiger partial charge in [-0.15, -0.1) is 0 Å². The van der Waals surface area contributed by atoms with E-state index in [0.717, 1.165) is 0 Å². The van der Waals surface area contributed by atoms with Crippen molar-refractivity contribution < 1.29 is 23.8 Å². The van der Waals surface area contributed by atoms with Gasteiger partial charge in [0.25, 0.3) is 5.91 Å². The normalized spacial score (nSPS) is 12.4. The Hall–Kier alpha value is -1.42. The predicted octanol–water partition coefficient (Wildman–Crippen LogP) is 2.64. The molecule has 0 saturated carbocycles. The molecule has 0 aliphatic heterocycles. The fraction of sp³-hybridized carbons (Fsp3) is 0.467. The van der Waals surface area contributed by atoms with Gasteiger partial charge in [0.15, 0.2) is 6.10 Å². The van der Waals surface area contributed by atoms with Gasteiger partial charge in [-0.1, -0.05) is 0 Å². The van der Waals surface area contributed by atoms with Crippen LogP contribution in [0.25, 0.3) is 0 Å². The van der Waals surface area contributed by atoms with E-state index in [2.05, 4.69) is 10.6 Å². The lowest BCUT2D eigenvalue weighted by atomic mass is 10.1. The number of ether oxygens (including phenoxy) is 1. The topological polar surface area (TPSA) is 87.7 Å². The molecule has 0 aromatic heterocycles. The van der Waals surface area contributed by atoms with E-state index in [0.29, 0.717) is 3.57 Å². The molecule has 1 rings (SSSR count). The highest BCUT2D eigenvalue weighted by molar-refractivity contribution is 14.1. The molecule has 3 N–H and O–H groups in total. The Morgan fingerprint density at radius 2 is 2.04 bits per heavy atom. The number of alkyl carbamates (subject to hydrolysis) is 1. The highest BCUT2D eigenvalue weighted by Gasteiger charge is 2.25. The van der Waals surface area contributed by atoms with Crippen LogP contribution in [-0.2, 0) is 9.53 Å². The standard InChI is InChI=1S/C15H20FIN2O4/c1-15(2,3)19-14(22)23-12(6-7-20)13(21)18-11-5-4-9(17)8-10(11)16/h4-5,8,12,20H,6-7H2,1-3H3,(H,18,21)(H,19,22). The minimum atomic E-state index is -1.22. The summed E-state index contributed by atoms with van der Waals surface area (Å²) in [6, 6.07) is 4.32. The number of aliphatic hydroxyl groups is 1. The van der Waals surface area contributed by atoms with Gasteiger partial charge >= 0.3 is 6.09 Å². The Balaban J connectivity index is 2.76. The van der Waals surface area contributed by atoms with Gasteiger partial charge in [-0.2, -0.15) is 0 Å². The van der Waals surface area contributed by atoms with E-state index in [1.165, 1.54) is 12.1 Å². The number of rotatable bonds is 5. The van der Waals surface area contributed by atoms with Gasteiger partial charge in [-0.05, 0) is 61.6 Å². The maximum Gasteiger partial charge on any atom is 0.408 e. The van der Waals surface area contributed by atoms with E-state index in [-0.39, 0.29) is 18.7 Å². The van der Waals surface area contributed by atoms with Crippen LogP contribution in [0.15, 0.2) is 18.2 Å². The maximum absolute atomic E-state index is 13.8. The van der Waals surface area contributed by atoms with Crippen LogP contribution in [0.4, 0.5) is 14.9 Å². The van der Waals surface area contributed by atoms with E-state index in [1.807, 2.05) is 22.6 Å². The predicted molar refractivity (Wildman–Crippen MR) is 92.6 cm³/mol. The van der Waals surface area contributed by atoms with Crippen molar-refractivity contribution in [3.8, 4) is 0 Å². The largest absolute Gasteiger partial charge is 0.436 e. The first kappa shape index (κ1) is 19.6. The highest BCUT2D eigenvalue weighted by atomic mass is 127. The van der Waals surface area contributed by atoms with Gasteiger partial charge in [0.2, 0.25) is 0 Å². The van der Waals surface area contributed by atoms with Gasteiger partial charge < -0.3 is 20.5 Å². The summed E-state index contributed by atoms with van der Waals surface area (Å²) in [6.07, 6.45) is -2.09. The number of halogens is 2. The van der Waals surface area contributed by atoms with Gasteiger partial charge in [0, 0.05) is 22.1 Å². The third kappa shape index (κ3) is 7.12. The van der Waals surface area contributed by atoms with Crippen LogP contribution in [0.2, 0.25) is 0 Å². The second-order valence-electron chi connectivity index (χ2n) is 5.89. The summed E-state index contributed by atoms with van der Waals surface area (Å²) in [5.74, 6) is -1.30. The second kappa shape index (κ2) is 8.44. The Kier molecular flexibility index (Phi) is 7.20. The van der Waals surface area contributed by atoms with E-state index in [9.17, 15) is 14.0 Å². The number of benzene rings is 1. The molecule has 0 radical (unpaired) electrons. The van der Waals surface area contributed by atoms with E-state index in [4.69, 9.17) is 9.84 Å². The lowest BCUT2D eigenvalue weighted by Gasteiger charge is -2.23. The minimum Gasteiger partial charge on any atom is -0.436 e. The summed E-state index contributed by atoms with van der Waals surface area (Å²) in [5, 5.41) is 13.9. The first-order valence-electron chi connectivity index (χ1n) is 6.98. The van der Waals surface area contributed by atoms with Crippen molar-refractivity contribution in [2.75, 3.05) is 11.9 Å². The molecule has 6 nitrogen and oxygen atoms in total. The average Bonchev–Trinajstić information content (AvgIpc) is 2.39. The molecule has 1 aromatic carbocycles. The van der Waals surface area contributed by atoms with Crippen molar-refractivity contribution in [2.24, 2.45) is 0 Å². The molecule has 1 aromatic rings. The quantitative estimate of drug-likeness (QED) is 0.617. The summed E-state index contributed by atoms with van der Waals surface area (Å²) in [6.45, 7) is 4.93. The number of aliphatic hydroxyl groups excluding tert-OH is 1. The third-order valence-electron chi connectivity index (χ3n) is 2.60. The Labute approximate surface area is 147 Å². The monoisotopic (exact) mass is 438 g/mol. The van der Waals surface area contributed by atoms with E-state index < -0.39 is 29.5 Å². The van der Waals surface area contributed by atoms with E-state index in [1.54, 1.807) is 26.8 Å². The molecule has 8 heteroatoms. The first-order chi connectivity index (χ1) is 10.6. The van der Waals surface area contributed by atoms with Crippen LogP contribution in [0.3, 0.4) is 0 Å². The lowest BCUT2D eigenvalue weighted by molar-refractivity contribution is -0.125. The van der Waals surface area contributed by atoms with Gasteiger partial charge in [-0.25, -0.2) is 9.18 Å². The van der Waals surface area contributed by atoms with Crippen LogP contribution in [0.5, 0.6) is 0 Å². The van der Waals surface area contributed by atoms with Gasteiger partial charge in [0.1, 0.15) is 5.82 Å². The second-order valence-corrected chi connectivity index (χ2v) is 7.14. The molecule has 128 valence electrons. The molecule has 0 bridgehead atoms. The zero-order valence-electron chi connectivity index (χ0n) is 13.2. The van der Waals surface area contributed by atoms with Crippen molar-refractivity contribution in [1.82, 2.24) is 5.32 Å². The Morgan fingerprint density at radius 1 is 1.39 bits per heavy atom. The number of nitrogens with one attached hydrogen (secondary N) is 2. The van der Waals surface area contributed by atoms with Crippen molar-refractivity contribution in [3.63, 3.8) is 0 Å². The maximum atomic E-state index is 13.8. The highest BCUT2D eigenvalue weighted by Crippen LogP contribution is 2.18. The molecule has 0 aliphatic carbocycles. The third-order valence-corrected chi connectivity index (χ3v) is 3.27. The summed E-state index contributed by atoms with van der Waals surface area (Å²) < 4.78 is 19.5. The summed E-state index contributed by atoms with van der Waals surface area (Å²) >= 11 is 1.95. The molecule has 0 fully saturated rings. The Morgan fingerprint density at radius 3 is 2.57 bits per heavy atom. The molecular weight excluding hydrogens is 418 g/mol. The van der Waals surface area contributed by atoms with Crippen LogP contribution >= 0.6 is 22.6 Å². The first-order valence-corrected chi connectivity index (χ1v) is 8.06. The summed E-state index contributed by atoms with van der Waals surface area (Å²) in [4.78, 5) is 23.9. The lowest BCUT2D eigenvalue weighted by Crippen LogP contribution is -2.44. The van der Waals surface area contributed by atoms with Crippen molar-refractivity contribution in [1.29, 1.82) is 0 Å². The van der Waals surface area contributed by atoms with Gasteiger partial charge in [-0.3, -0.25) is 4.79 Å². The zero-order chi connectivity index (χ0) is 17.6. The molecule has 0 aliphatic rings. The molecule has 1 atom stereocenters. The summed E-state index contributed by atoms with van der Waals surface area (Å²) in [5.41, 5.74) is -0.544. The van der Waals surface area contributed by atoms with Crippen LogP contribution < -0.4 is 10.6 Å². The number of anilines is 1. The molecule has 1 unspecified atom stereocenters. The molecular formula is C15H20FIN2O4. The summed E-state index contributed by atoms with van der Waals surface area (Å²) in [7, 11) is 0. The van der Waals surface area contributed by atoms with E-state index >= 15 is 0 Å². The molecule has 23 heavy (non-hydrogen) atoms. The number of hydrogen-bond donors (Lipinski definition) is 3. The Bertz CT molecular complexity index is 575. The number of carbonyl (C=O) groups is 2. The average molecular weight is 438 g/mol. The fourth-order valence-electron chi connectivity index (χ4n) is 1.63. The number of hydrogen-bond acceptors (Lipinski definition) is 4. The van der Waals surface area contributed by atoms with Gasteiger partial charge in [0.05, 0.1) is 5.69 Å². The minimum absolute atomic E-state index is 0.0156. The van der Waals surface area contributed by atoms with Crippen LogP contribution in [-0.4, -0.2) is 35.4 Å². The molecule has 0 spiro atoms.